The van der Waals surface area contributed by atoms with E-state index in [0.29, 0.717) is 0 Å². The van der Waals surface area contributed by atoms with Gasteiger partial charge in [0, 0.05) is 25.5 Å². The van der Waals surface area contributed by atoms with Crippen LogP contribution in [-0.4, -0.2) is 66.2 Å². The van der Waals surface area contributed by atoms with Crippen molar-refractivity contribution in [3.63, 3.8) is 0 Å². The van der Waals surface area contributed by atoms with Crippen molar-refractivity contribution in [1.29, 1.82) is 0 Å². The summed E-state index contributed by atoms with van der Waals surface area (Å²) in [5, 5.41) is 22.1. The molecular weight excluding hydrogens is 460 g/mol. The minimum atomic E-state index is -1.56. The standard InChI is InChI=1S/C20H22N2O12/c1-11(23)21-14-7-8-16(18(24)30-2)33-17(14)15(9-10-31-19(25)26)34-20(27)32-13-5-3-12(4-6-13)22(28)29/h3-6,8,14-15,17H,7,9-10H2,1-2H3,(H,21,23)(H,25,26). The highest BCUT2D eigenvalue weighted by molar-refractivity contribution is 5.86. The highest BCUT2D eigenvalue weighted by atomic mass is 16.7. The lowest BCUT2D eigenvalue weighted by Crippen LogP contribution is -2.52. The van der Waals surface area contributed by atoms with Gasteiger partial charge in [0.15, 0.2) is 6.10 Å². The van der Waals surface area contributed by atoms with Crippen LogP contribution in [0.2, 0.25) is 0 Å². The van der Waals surface area contributed by atoms with E-state index in [2.05, 4.69) is 14.8 Å². The van der Waals surface area contributed by atoms with Gasteiger partial charge in [-0.05, 0) is 24.6 Å². The van der Waals surface area contributed by atoms with Crippen LogP contribution in [-0.2, 0) is 28.5 Å². The molecule has 0 fully saturated rings. The molecule has 14 heteroatoms. The van der Waals surface area contributed by atoms with Crippen molar-refractivity contribution in [2.24, 2.45) is 0 Å². The minimum Gasteiger partial charge on any atom is -0.477 e. The van der Waals surface area contributed by atoms with Gasteiger partial charge in [0.2, 0.25) is 11.7 Å². The van der Waals surface area contributed by atoms with Crippen LogP contribution in [0.1, 0.15) is 19.8 Å². The molecule has 3 atom stereocenters. The third-order valence-electron chi connectivity index (χ3n) is 4.48. The fourth-order valence-electron chi connectivity index (χ4n) is 3.05. The van der Waals surface area contributed by atoms with Crippen LogP contribution in [0, 0.1) is 10.1 Å². The van der Waals surface area contributed by atoms with Crippen molar-refractivity contribution in [2.75, 3.05) is 13.7 Å². The van der Waals surface area contributed by atoms with E-state index in [1.54, 1.807) is 0 Å². The number of nitrogens with zero attached hydrogens (tertiary/aromatic N) is 1. The molecule has 2 N–H and O–H groups in total. The number of nitro groups is 1. The highest BCUT2D eigenvalue weighted by Gasteiger charge is 2.39. The number of nitrogens with one attached hydrogen (secondary N) is 1. The van der Waals surface area contributed by atoms with Crippen molar-refractivity contribution in [3.8, 4) is 5.75 Å². The fraction of sp³-hybridized carbons (Fsp3) is 0.400. The highest BCUT2D eigenvalue weighted by Crippen LogP contribution is 2.26. The summed E-state index contributed by atoms with van der Waals surface area (Å²) in [6.07, 6.45) is -3.88. The van der Waals surface area contributed by atoms with E-state index in [1.807, 2.05) is 0 Å². The zero-order chi connectivity index (χ0) is 25.3. The number of carboxylic acid groups (broad SMARTS) is 1. The Hall–Kier alpha value is -4.36. The lowest BCUT2D eigenvalue weighted by Gasteiger charge is -2.35. The molecule has 0 bridgehead atoms. The number of rotatable bonds is 9. The van der Waals surface area contributed by atoms with E-state index < -0.39 is 54.0 Å². The predicted molar refractivity (Wildman–Crippen MR) is 110 cm³/mol. The summed E-state index contributed by atoms with van der Waals surface area (Å²) >= 11 is 0. The van der Waals surface area contributed by atoms with Crippen LogP contribution in [0.4, 0.5) is 15.3 Å². The minimum absolute atomic E-state index is 0.0609. The number of amides is 1. The van der Waals surface area contributed by atoms with E-state index >= 15 is 0 Å². The molecular formula is C20H22N2O12. The largest absolute Gasteiger partial charge is 0.514 e. The van der Waals surface area contributed by atoms with Gasteiger partial charge >= 0.3 is 18.3 Å². The van der Waals surface area contributed by atoms with Crippen LogP contribution in [0.25, 0.3) is 0 Å². The van der Waals surface area contributed by atoms with E-state index in [-0.39, 0.29) is 30.0 Å². The Morgan fingerprint density at radius 3 is 2.50 bits per heavy atom. The molecule has 1 aromatic rings. The number of benzene rings is 1. The number of carbonyl (C=O) groups excluding carboxylic acids is 3. The second-order valence-electron chi connectivity index (χ2n) is 6.85. The Balaban J connectivity index is 2.21. The quantitative estimate of drug-likeness (QED) is 0.171. The average Bonchev–Trinajstić information content (AvgIpc) is 2.78. The molecule has 34 heavy (non-hydrogen) atoms. The first-order chi connectivity index (χ1) is 16.1. The summed E-state index contributed by atoms with van der Waals surface area (Å²) in [6.45, 7) is 0.845. The predicted octanol–water partition coefficient (Wildman–Crippen LogP) is 1.91. The van der Waals surface area contributed by atoms with Crippen LogP contribution in [0.15, 0.2) is 36.1 Å². The molecule has 0 saturated carbocycles. The summed E-state index contributed by atoms with van der Waals surface area (Å²) in [7, 11) is 1.14. The van der Waals surface area contributed by atoms with E-state index in [0.717, 1.165) is 19.2 Å². The normalized spacial score (nSPS) is 17.8. The molecule has 14 nitrogen and oxygen atoms in total. The Morgan fingerprint density at radius 1 is 1.26 bits per heavy atom. The van der Waals surface area contributed by atoms with Gasteiger partial charge in [0.05, 0.1) is 24.7 Å². The third kappa shape index (κ3) is 7.65. The van der Waals surface area contributed by atoms with E-state index in [4.69, 9.17) is 19.3 Å². The van der Waals surface area contributed by atoms with Gasteiger partial charge in [-0.25, -0.2) is 14.4 Å². The van der Waals surface area contributed by atoms with Crippen molar-refractivity contribution < 1.29 is 52.9 Å². The Kier molecular flexibility index (Phi) is 9.17. The molecule has 1 aliphatic heterocycles. The number of esters is 1. The van der Waals surface area contributed by atoms with Gasteiger partial charge in [-0.15, -0.1) is 0 Å². The SMILES string of the molecule is COC(=O)C1=CCC(NC(C)=O)C(C(CCOC(=O)O)OC(=O)Oc2ccc([N+](=O)[O-])cc2)O1. The zero-order valence-electron chi connectivity index (χ0n) is 18.1. The summed E-state index contributed by atoms with van der Waals surface area (Å²) in [6, 6.07) is 3.83. The summed E-state index contributed by atoms with van der Waals surface area (Å²) in [5.74, 6) is -1.48. The van der Waals surface area contributed by atoms with Gasteiger partial charge in [-0.3, -0.25) is 14.9 Å². The number of methoxy groups -OCH3 is 1. The van der Waals surface area contributed by atoms with Crippen LogP contribution in [0.5, 0.6) is 5.75 Å². The Labute approximate surface area is 192 Å². The molecule has 1 aliphatic rings. The molecule has 1 amide bonds. The van der Waals surface area contributed by atoms with Gasteiger partial charge in [-0.1, -0.05) is 0 Å². The lowest BCUT2D eigenvalue weighted by molar-refractivity contribution is -0.384. The molecule has 1 aromatic carbocycles. The average molecular weight is 482 g/mol. The third-order valence-corrected chi connectivity index (χ3v) is 4.48. The van der Waals surface area contributed by atoms with Crippen molar-refractivity contribution in [1.82, 2.24) is 5.32 Å². The summed E-state index contributed by atoms with van der Waals surface area (Å²) in [4.78, 5) is 56.8. The van der Waals surface area contributed by atoms with Gasteiger partial charge < -0.3 is 34.1 Å². The molecule has 2 rings (SSSR count). The number of carbonyl (C=O) groups is 4. The molecule has 3 unspecified atom stereocenters. The first-order valence-corrected chi connectivity index (χ1v) is 9.81. The van der Waals surface area contributed by atoms with Crippen molar-refractivity contribution in [2.45, 2.75) is 38.0 Å². The lowest BCUT2D eigenvalue weighted by atomic mass is 9.97. The van der Waals surface area contributed by atoms with Crippen LogP contribution >= 0.6 is 0 Å². The molecule has 1 heterocycles. The molecule has 0 aliphatic carbocycles. The number of hydrogen-bond donors (Lipinski definition) is 2. The smallest absolute Gasteiger partial charge is 0.477 e. The first-order valence-electron chi connectivity index (χ1n) is 9.81. The maximum atomic E-state index is 12.4. The molecule has 184 valence electrons. The van der Waals surface area contributed by atoms with Gasteiger partial charge in [-0.2, -0.15) is 0 Å². The zero-order valence-corrected chi connectivity index (χ0v) is 18.1. The number of hydrogen-bond acceptors (Lipinski definition) is 11. The number of non-ortho nitro benzene ring substituents is 1. The Bertz CT molecular complexity index is 959. The maximum Gasteiger partial charge on any atom is 0.514 e. The number of nitro benzene ring substituents is 1. The monoisotopic (exact) mass is 482 g/mol. The molecule has 0 radical (unpaired) electrons. The molecule has 0 spiro atoms. The second-order valence-corrected chi connectivity index (χ2v) is 6.85. The second kappa shape index (κ2) is 12.0. The topological polar surface area (TPSA) is 190 Å². The van der Waals surface area contributed by atoms with E-state index in [1.165, 1.54) is 25.1 Å². The van der Waals surface area contributed by atoms with E-state index in [9.17, 15) is 29.3 Å². The van der Waals surface area contributed by atoms with Crippen molar-refractivity contribution in [3.05, 3.63) is 46.2 Å². The summed E-state index contributed by atoms with van der Waals surface area (Å²) in [5.41, 5.74) is -0.222. The van der Waals surface area contributed by atoms with Crippen LogP contribution < -0.4 is 10.1 Å². The van der Waals surface area contributed by atoms with Crippen molar-refractivity contribution >= 4 is 29.9 Å². The first kappa shape index (κ1) is 25.9. The Morgan fingerprint density at radius 2 is 1.94 bits per heavy atom. The number of ether oxygens (including phenoxy) is 5. The van der Waals surface area contributed by atoms with Gasteiger partial charge in [0.1, 0.15) is 11.9 Å². The van der Waals surface area contributed by atoms with Gasteiger partial charge in [0.25, 0.3) is 5.69 Å². The van der Waals surface area contributed by atoms with Crippen LogP contribution in [0.3, 0.4) is 0 Å². The maximum absolute atomic E-state index is 12.4. The fourth-order valence-corrected chi connectivity index (χ4v) is 3.05. The summed E-state index contributed by atoms with van der Waals surface area (Å²) < 4.78 is 25.1. The molecule has 0 saturated heterocycles. The molecule has 0 aromatic heterocycles.